The summed E-state index contributed by atoms with van der Waals surface area (Å²) in [6, 6.07) is 12.9. The fraction of sp³-hybridized carbons (Fsp3) is 0.419. The van der Waals surface area contributed by atoms with Crippen LogP contribution in [0.15, 0.2) is 48.8 Å². The van der Waals surface area contributed by atoms with Gasteiger partial charge in [0, 0.05) is 29.6 Å². The summed E-state index contributed by atoms with van der Waals surface area (Å²) in [4.78, 5) is 8.94. The van der Waals surface area contributed by atoms with Crippen molar-refractivity contribution in [3.63, 3.8) is 0 Å². The van der Waals surface area contributed by atoms with Gasteiger partial charge in [-0.1, -0.05) is 69.2 Å². The zero-order valence-corrected chi connectivity index (χ0v) is 21.0. The van der Waals surface area contributed by atoms with Gasteiger partial charge >= 0.3 is 0 Å². The quantitative estimate of drug-likeness (QED) is 0.186. The van der Waals surface area contributed by atoms with E-state index in [1.807, 2.05) is 12.4 Å². The van der Waals surface area contributed by atoms with Crippen LogP contribution in [-0.4, -0.2) is 27.8 Å². The molecule has 3 aromatic rings. The molecular weight excluding hydrogens is 432 g/mol. The molecule has 182 valence electrons. The number of aromatic nitrogens is 2. The number of unbranched alkanes of at least 4 members (excludes halogenated alkanes) is 6. The van der Waals surface area contributed by atoms with E-state index in [9.17, 15) is 5.11 Å². The van der Waals surface area contributed by atoms with Crippen LogP contribution in [0.25, 0.3) is 11.1 Å². The minimum atomic E-state index is -0.276. The number of ether oxygens (including phenoxy) is 1. The Bertz CT molecular complexity index is 1370. The summed E-state index contributed by atoms with van der Waals surface area (Å²) in [6.07, 6.45) is 13.3. The molecule has 1 aliphatic carbocycles. The molecule has 4 nitrogen and oxygen atoms in total. The lowest BCUT2D eigenvalue weighted by molar-refractivity contribution is 0.182. The fourth-order valence-electron chi connectivity index (χ4n) is 4.49. The predicted molar refractivity (Wildman–Crippen MR) is 141 cm³/mol. The van der Waals surface area contributed by atoms with Gasteiger partial charge in [-0.25, -0.2) is 9.97 Å². The third kappa shape index (κ3) is 6.50. The molecule has 1 unspecified atom stereocenters. The molecular formula is C31H36N2O2. The van der Waals surface area contributed by atoms with Crippen LogP contribution in [0.3, 0.4) is 0 Å². The average molecular weight is 469 g/mol. The minimum Gasteiger partial charge on any atom is -0.493 e. The van der Waals surface area contributed by atoms with Crippen molar-refractivity contribution in [3.8, 4) is 28.7 Å². The van der Waals surface area contributed by atoms with Gasteiger partial charge in [0.2, 0.25) is 5.82 Å². The minimum absolute atomic E-state index is 0.276. The van der Waals surface area contributed by atoms with Gasteiger partial charge in [-0.05, 0) is 65.5 Å². The molecule has 0 amide bonds. The van der Waals surface area contributed by atoms with Gasteiger partial charge in [0.1, 0.15) is 5.75 Å². The standard InChI is InChI=1S/C31H36N2O2/c1-3-4-5-6-7-13-18-35-29-20-24(19-28-26-15-11-12-16-27(26)31(28)29)25-21-32-30(33-22-25)17-10-8-9-14-23(2)34/h11-12,15-16,19-23,34H,3-9,13-14,18H2,1-2H3. The van der Waals surface area contributed by atoms with Gasteiger partial charge in [0.15, 0.2) is 0 Å². The van der Waals surface area contributed by atoms with Crippen molar-refractivity contribution in [3.05, 3.63) is 75.5 Å². The van der Waals surface area contributed by atoms with Crippen molar-refractivity contribution in [1.29, 1.82) is 0 Å². The van der Waals surface area contributed by atoms with Gasteiger partial charge in [-0.2, -0.15) is 0 Å². The molecule has 4 heteroatoms. The summed E-state index contributed by atoms with van der Waals surface area (Å²) in [5.41, 5.74) is 2.02. The monoisotopic (exact) mass is 468 g/mol. The van der Waals surface area contributed by atoms with Gasteiger partial charge in [0.05, 0.1) is 12.7 Å². The Hall–Kier alpha value is -3.16. The Morgan fingerprint density at radius 3 is 2.40 bits per heavy atom. The van der Waals surface area contributed by atoms with E-state index in [2.05, 4.69) is 65.1 Å². The summed E-state index contributed by atoms with van der Waals surface area (Å²) in [5, 5.41) is 14.3. The molecule has 2 aromatic carbocycles. The van der Waals surface area contributed by atoms with E-state index >= 15 is 0 Å². The van der Waals surface area contributed by atoms with Crippen molar-refractivity contribution >= 4 is 0 Å². The number of hydrogen-bond acceptors (Lipinski definition) is 4. The van der Waals surface area contributed by atoms with Crippen LogP contribution < -0.4 is 4.74 Å². The van der Waals surface area contributed by atoms with Crippen LogP contribution in [-0.2, 0) is 0 Å². The van der Waals surface area contributed by atoms with E-state index in [0.29, 0.717) is 5.82 Å². The van der Waals surface area contributed by atoms with Gasteiger partial charge in [-0.15, -0.1) is 0 Å². The van der Waals surface area contributed by atoms with Crippen molar-refractivity contribution in [2.45, 2.75) is 77.7 Å². The highest BCUT2D eigenvalue weighted by Crippen LogP contribution is 2.30. The molecule has 0 spiro atoms. The number of nitrogens with zero attached hydrogens (tertiary/aromatic N) is 2. The molecule has 1 N–H and O–H groups in total. The summed E-state index contributed by atoms with van der Waals surface area (Å²) in [7, 11) is 0. The highest BCUT2D eigenvalue weighted by atomic mass is 16.5. The third-order valence-electron chi connectivity index (χ3n) is 6.45. The summed E-state index contributed by atoms with van der Waals surface area (Å²) >= 11 is 0. The molecule has 0 bridgehead atoms. The predicted octanol–water partition coefficient (Wildman–Crippen LogP) is 6.67. The maximum Gasteiger partial charge on any atom is 0.204 e. The first kappa shape index (κ1) is 24.9. The highest BCUT2D eigenvalue weighted by Gasteiger charge is 2.12. The van der Waals surface area contributed by atoms with Crippen molar-refractivity contribution < 1.29 is 9.84 Å². The first-order chi connectivity index (χ1) is 17.2. The van der Waals surface area contributed by atoms with Crippen LogP contribution in [0.2, 0.25) is 0 Å². The lowest BCUT2D eigenvalue weighted by Crippen LogP contribution is -2.02. The molecule has 0 fully saturated rings. The molecule has 0 aliphatic heterocycles. The van der Waals surface area contributed by atoms with Crippen molar-refractivity contribution in [2.75, 3.05) is 6.61 Å². The molecule has 1 aliphatic rings. The molecule has 1 aromatic heterocycles. The average Bonchev–Trinajstić information content (AvgIpc) is 2.86. The number of aliphatic hydroxyl groups excluding tert-OH is 1. The maximum absolute atomic E-state index is 9.34. The van der Waals surface area contributed by atoms with Crippen LogP contribution >= 0.6 is 0 Å². The smallest absolute Gasteiger partial charge is 0.204 e. The first-order valence-corrected chi connectivity index (χ1v) is 13.1. The lowest BCUT2D eigenvalue weighted by Gasteiger charge is -2.14. The lowest BCUT2D eigenvalue weighted by atomic mass is 9.96. The van der Waals surface area contributed by atoms with Crippen molar-refractivity contribution in [1.82, 2.24) is 9.97 Å². The molecule has 4 rings (SSSR count). The Kier molecular flexibility index (Phi) is 8.92. The Labute approximate surface area is 208 Å². The Morgan fingerprint density at radius 1 is 0.886 bits per heavy atom. The Morgan fingerprint density at radius 2 is 1.63 bits per heavy atom. The first-order valence-electron chi connectivity index (χ1n) is 13.1. The summed E-state index contributed by atoms with van der Waals surface area (Å²) < 4.78 is 6.33. The molecule has 0 saturated heterocycles. The Balaban J connectivity index is 1.50. The molecule has 1 atom stereocenters. The second kappa shape index (κ2) is 12.5. The number of fused-ring (bicyclic) bond motifs is 2. The van der Waals surface area contributed by atoms with E-state index in [0.717, 1.165) is 49.2 Å². The maximum atomic E-state index is 9.34. The largest absolute Gasteiger partial charge is 0.493 e. The molecule has 0 radical (unpaired) electrons. The normalized spacial score (nSPS) is 12.1. The summed E-state index contributed by atoms with van der Waals surface area (Å²) in [5.74, 6) is 7.61. The molecule has 1 heterocycles. The number of hydrogen-bond donors (Lipinski definition) is 1. The number of rotatable bonds is 12. The zero-order valence-electron chi connectivity index (χ0n) is 21.0. The van der Waals surface area contributed by atoms with Gasteiger partial charge in [0.25, 0.3) is 0 Å². The summed E-state index contributed by atoms with van der Waals surface area (Å²) in [6.45, 7) is 4.79. The van der Waals surface area contributed by atoms with E-state index in [-0.39, 0.29) is 6.10 Å². The van der Waals surface area contributed by atoms with Crippen LogP contribution in [0.1, 0.15) is 77.5 Å². The number of benzene rings is 2. The third-order valence-corrected chi connectivity index (χ3v) is 6.45. The van der Waals surface area contributed by atoms with E-state index in [1.165, 1.54) is 53.0 Å². The SMILES string of the molecule is CCCCCCCCOc1cc(-c2cnc(C#CCCCC(C)O)nc2)cc2c1=c1ccccc1=2. The van der Waals surface area contributed by atoms with E-state index in [4.69, 9.17) is 4.74 Å². The highest BCUT2D eigenvalue weighted by molar-refractivity contribution is 5.65. The van der Waals surface area contributed by atoms with E-state index in [1.54, 1.807) is 6.92 Å². The fourth-order valence-corrected chi connectivity index (χ4v) is 4.49. The zero-order chi connectivity index (χ0) is 24.5. The van der Waals surface area contributed by atoms with Crippen LogP contribution in [0.5, 0.6) is 5.75 Å². The van der Waals surface area contributed by atoms with Crippen molar-refractivity contribution in [2.24, 2.45) is 0 Å². The van der Waals surface area contributed by atoms with Gasteiger partial charge < -0.3 is 9.84 Å². The second-order valence-electron chi connectivity index (χ2n) is 9.40. The van der Waals surface area contributed by atoms with Gasteiger partial charge in [-0.3, -0.25) is 0 Å². The topological polar surface area (TPSA) is 55.2 Å². The van der Waals surface area contributed by atoms with E-state index < -0.39 is 0 Å². The molecule has 35 heavy (non-hydrogen) atoms. The molecule has 0 saturated carbocycles. The van der Waals surface area contributed by atoms with Crippen LogP contribution in [0, 0.1) is 32.7 Å². The number of aliphatic hydroxyl groups is 1. The van der Waals surface area contributed by atoms with Crippen LogP contribution in [0.4, 0.5) is 0 Å². The second-order valence-corrected chi connectivity index (χ2v) is 9.40.